The molecule has 2 aromatic rings. The lowest BCUT2D eigenvalue weighted by Gasteiger charge is -2.29. The SMILES string of the molecule is CCCCN(c1ccc(C(=O)c2ccccc2C(=O)O)c(O)c1)C(C)C. The highest BCUT2D eigenvalue weighted by Crippen LogP contribution is 2.29. The van der Waals surface area contributed by atoms with Crippen molar-refractivity contribution in [1.29, 1.82) is 0 Å². The minimum Gasteiger partial charge on any atom is -0.507 e. The lowest BCUT2D eigenvalue weighted by Crippen LogP contribution is -2.31. The van der Waals surface area contributed by atoms with Gasteiger partial charge in [0.25, 0.3) is 0 Å². The molecule has 0 heterocycles. The van der Waals surface area contributed by atoms with Gasteiger partial charge in [-0.05, 0) is 38.5 Å². The Morgan fingerprint density at radius 3 is 2.23 bits per heavy atom. The summed E-state index contributed by atoms with van der Waals surface area (Å²) in [4.78, 5) is 26.3. The van der Waals surface area contributed by atoms with E-state index in [4.69, 9.17) is 0 Å². The van der Waals surface area contributed by atoms with E-state index in [0.717, 1.165) is 25.1 Å². The molecule has 0 atom stereocenters. The molecular formula is C21H25NO4. The second-order valence-corrected chi connectivity index (χ2v) is 6.52. The Balaban J connectivity index is 2.38. The van der Waals surface area contributed by atoms with Gasteiger partial charge < -0.3 is 15.1 Å². The number of hydrogen-bond donors (Lipinski definition) is 2. The molecule has 0 aromatic heterocycles. The Hall–Kier alpha value is -2.82. The second-order valence-electron chi connectivity index (χ2n) is 6.52. The molecule has 0 aliphatic heterocycles. The highest BCUT2D eigenvalue weighted by molar-refractivity contribution is 6.15. The van der Waals surface area contributed by atoms with E-state index in [1.165, 1.54) is 12.1 Å². The molecule has 0 aliphatic carbocycles. The first-order chi connectivity index (χ1) is 12.4. The summed E-state index contributed by atoms with van der Waals surface area (Å²) in [7, 11) is 0. The standard InChI is InChI=1S/C21H25NO4/c1-4-5-12-22(14(2)3)15-10-11-18(19(23)13-15)20(24)16-8-6-7-9-17(16)21(25)26/h6-11,13-14,23H,4-5,12H2,1-3H3,(H,25,26). The van der Waals surface area contributed by atoms with Gasteiger partial charge in [-0.1, -0.05) is 31.5 Å². The van der Waals surface area contributed by atoms with Crippen LogP contribution in [0.25, 0.3) is 0 Å². The first kappa shape index (κ1) is 19.5. The van der Waals surface area contributed by atoms with Crippen LogP contribution in [0, 0.1) is 0 Å². The van der Waals surface area contributed by atoms with Crippen LogP contribution in [0.2, 0.25) is 0 Å². The highest BCUT2D eigenvalue weighted by Gasteiger charge is 2.21. The molecule has 0 radical (unpaired) electrons. The predicted molar refractivity (Wildman–Crippen MR) is 102 cm³/mol. The molecule has 2 rings (SSSR count). The zero-order chi connectivity index (χ0) is 19.3. The number of carbonyl (C=O) groups is 2. The number of hydrogen-bond acceptors (Lipinski definition) is 4. The summed E-state index contributed by atoms with van der Waals surface area (Å²) in [5.41, 5.74) is 0.929. The van der Waals surface area contributed by atoms with Gasteiger partial charge >= 0.3 is 5.97 Å². The van der Waals surface area contributed by atoms with Gasteiger partial charge in [0, 0.05) is 29.9 Å². The van der Waals surface area contributed by atoms with Crippen molar-refractivity contribution < 1.29 is 19.8 Å². The molecule has 0 spiro atoms. The van der Waals surface area contributed by atoms with Gasteiger partial charge in [0.15, 0.2) is 5.78 Å². The van der Waals surface area contributed by atoms with Crippen molar-refractivity contribution in [2.24, 2.45) is 0 Å². The first-order valence-electron chi connectivity index (χ1n) is 8.83. The third-order valence-electron chi connectivity index (χ3n) is 4.34. The van der Waals surface area contributed by atoms with E-state index >= 15 is 0 Å². The summed E-state index contributed by atoms with van der Waals surface area (Å²) < 4.78 is 0. The number of benzene rings is 2. The second kappa shape index (κ2) is 8.52. The number of aromatic carboxylic acids is 1. The zero-order valence-electron chi connectivity index (χ0n) is 15.4. The average Bonchev–Trinajstić information content (AvgIpc) is 2.61. The van der Waals surface area contributed by atoms with Gasteiger partial charge in [-0.2, -0.15) is 0 Å². The number of phenols is 1. The number of carboxylic acid groups (broad SMARTS) is 1. The fourth-order valence-corrected chi connectivity index (χ4v) is 2.92. The van der Waals surface area contributed by atoms with E-state index in [-0.39, 0.29) is 28.5 Å². The molecule has 0 saturated carbocycles. The Bertz CT molecular complexity index is 798. The fourth-order valence-electron chi connectivity index (χ4n) is 2.92. The number of ketones is 1. The van der Waals surface area contributed by atoms with Crippen molar-refractivity contribution >= 4 is 17.4 Å². The lowest BCUT2D eigenvalue weighted by molar-refractivity contribution is 0.0692. The summed E-state index contributed by atoms with van der Waals surface area (Å²) in [5.74, 6) is -1.82. The van der Waals surface area contributed by atoms with Crippen molar-refractivity contribution in [3.05, 3.63) is 59.2 Å². The van der Waals surface area contributed by atoms with Crippen molar-refractivity contribution in [2.45, 2.75) is 39.7 Å². The van der Waals surface area contributed by atoms with Crippen molar-refractivity contribution in [2.75, 3.05) is 11.4 Å². The molecule has 138 valence electrons. The van der Waals surface area contributed by atoms with Crippen LogP contribution in [-0.2, 0) is 0 Å². The molecular weight excluding hydrogens is 330 g/mol. The number of carbonyl (C=O) groups excluding carboxylic acids is 1. The Labute approximate surface area is 153 Å². The van der Waals surface area contributed by atoms with Crippen LogP contribution in [0.4, 0.5) is 5.69 Å². The van der Waals surface area contributed by atoms with Crippen LogP contribution in [-0.4, -0.2) is 34.6 Å². The summed E-state index contributed by atoms with van der Waals surface area (Å²) in [6.45, 7) is 7.14. The topological polar surface area (TPSA) is 77.8 Å². The zero-order valence-corrected chi connectivity index (χ0v) is 15.4. The predicted octanol–water partition coefficient (Wildman–Crippen LogP) is 4.34. The smallest absolute Gasteiger partial charge is 0.336 e. The monoisotopic (exact) mass is 355 g/mol. The molecule has 5 nitrogen and oxygen atoms in total. The van der Waals surface area contributed by atoms with E-state index in [1.807, 2.05) is 0 Å². The van der Waals surface area contributed by atoms with Gasteiger partial charge in [0.1, 0.15) is 5.75 Å². The van der Waals surface area contributed by atoms with Crippen LogP contribution < -0.4 is 4.90 Å². The third-order valence-corrected chi connectivity index (χ3v) is 4.34. The van der Waals surface area contributed by atoms with Gasteiger partial charge in [-0.25, -0.2) is 4.79 Å². The summed E-state index contributed by atoms with van der Waals surface area (Å²) in [6, 6.07) is 11.2. The van der Waals surface area contributed by atoms with E-state index in [2.05, 4.69) is 25.7 Å². The Morgan fingerprint density at radius 2 is 1.69 bits per heavy atom. The number of anilines is 1. The molecule has 0 aliphatic rings. The highest BCUT2D eigenvalue weighted by atomic mass is 16.4. The Morgan fingerprint density at radius 1 is 1.04 bits per heavy atom. The molecule has 5 heteroatoms. The summed E-state index contributed by atoms with van der Waals surface area (Å²) in [5, 5.41) is 19.7. The number of nitrogens with zero attached hydrogens (tertiary/aromatic N) is 1. The normalized spacial score (nSPS) is 10.8. The number of carboxylic acids is 1. The Kier molecular flexibility index (Phi) is 6.39. The van der Waals surface area contributed by atoms with Crippen molar-refractivity contribution in [3.8, 4) is 5.75 Å². The quantitative estimate of drug-likeness (QED) is 0.689. The van der Waals surface area contributed by atoms with Crippen LogP contribution in [0.5, 0.6) is 5.75 Å². The summed E-state index contributed by atoms with van der Waals surface area (Å²) >= 11 is 0. The number of phenolic OH excluding ortho intramolecular Hbond substituents is 1. The van der Waals surface area contributed by atoms with Crippen LogP contribution in [0.1, 0.15) is 59.9 Å². The molecule has 0 bridgehead atoms. The molecule has 0 amide bonds. The molecule has 26 heavy (non-hydrogen) atoms. The summed E-state index contributed by atoms with van der Waals surface area (Å²) in [6.07, 6.45) is 2.10. The minimum absolute atomic E-state index is 0.0646. The maximum absolute atomic E-state index is 12.7. The van der Waals surface area contributed by atoms with E-state index < -0.39 is 11.8 Å². The van der Waals surface area contributed by atoms with E-state index in [1.54, 1.807) is 30.3 Å². The number of aromatic hydroxyl groups is 1. The van der Waals surface area contributed by atoms with Crippen LogP contribution >= 0.6 is 0 Å². The van der Waals surface area contributed by atoms with Gasteiger partial charge in [0.05, 0.1) is 11.1 Å². The van der Waals surface area contributed by atoms with Gasteiger partial charge in [-0.3, -0.25) is 4.79 Å². The molecule has 2 aromatic carbocycles. The number of unbranched alkanes of at least 4 members (excludes halogenated alkanes) is 1. The van der Waals surface area contributed by atoms with Gasteiger partial charge in [-0.15, -0.1) is 0 Å². The van der Waals surface area contributed by atoms with E-state index in [9.17, 15) is 19.8 Å². The molecule has 0 fully saturated rings. The fraction of sp³-hybridized carbons (Fsp3) is 0.333. The number of rotatable bonds is 8. The molecule has 0 unspecified atom stereocenters. The molecule has 0 saturated heterocycles. The van der Waals surface area contributed by atoms with Crippen molar-refractivity contribution in [3.63, 3.8) is 0 Å². The first-order valence-corrected chi connectivity index (χ1v) is 8.83. The molecule has 2 N–H and O–H groups in total. The van der Waals surface area contributed by atoms with Crippen molar-refractivity contribution in [1.82, 2.24) is 0 Å². The maximum atomic E-state index is 12.7. The van der Waals surface area contributed by atoms with Crippen LogP contribution in [0.15, 0.2) is 42.5 Å². The lowest BCUT2D eigenvalue weighted by atomic mass is 9.97. The third kappa shape index (κ3) is 4.23. The maximum Gasteiger partial charge on any atom is 0.336 e. The largest absolute Gasteiger partial charge is 0.507 e. The minimum atomic E-state index is -1.17. The average molecular weight is 355 g/mol. The van der Waals surface area contributed by atoms with Crippen LogP contribution in [0.3, 0.4) is 0 Å². The van der Waals surface area contributed by atoms with Gasteiger partial charge in [0.2, 0.25) is 0 Å². The van der Waals surface area contributed by atoms with E-state index in [0.29, 0.717) is 0 Å².